The van der Waals surface area contributed by atoms with E-state index in [1.54, 1.807) is 18.2 Å². The van der Waals surface area contributed by atoms with Gasteiger partial charge in [0.2, 0.25) is 0 Å². The third-order valence-electron chi connectivity index (χ3n) is 3.66. The Balaban J connectivity index is 2.11. The van der Waals surface area contributed by atoms with Gasteiger partial charge in [-0.1, -0.05) is 66.7 Å². The van der Waals surface area contributed by atoms with Crippen LogP contribution in [-0.2, 0) is 5.67 Å². The molecule has 0 aliphatic rings. The number of nitrogens with zero attached hydrogens (tertiary/aromatic N) is 2. The van der Waals surface area contributed by atoms with Gasteiger partial charge in [-0.3, -0.25) is 0 Å². The van der Waals surface area contributed by atoms with Crippen LogP contribution in [0.25, 0.3) is 0 Å². The van der Waals surface area contributed by atoms with E-state index in [1.807, 2.05) is 60.7 Å². The van der Waals surface area contributed by atoms with Crippen LogP contribution >= 0.6 is 0 Å². The summed E-state index contributed by atoms with van der Waals surface area (Å²) in [5.41, 5.74) is 1.69. The molecule has 0 fully saturated rings. The minimum absolute atomic E-state index is 0.379. The van der Waals surface area contributed by atoms with Gasteiger partial charge in [-0.15, -0.1) is 0 Å². The average Bonchev–Trinajstić information content (AvgIpc) is 2.61. The van der Waals surface area contributed by atoms with E-state index in [4.69, 9.17) is 4.99 Å². The van der Waals surface area contributed by atoms with Crippen molar-refractivity contribution in [2.75, 3.05) is 0 Å². The van der Waals surface area contributed by atoms with Crippen LogP contribution in [0, 0.1) is 0 Å². The first kappa shape index (κ1) is 16.1. The third kappa shape index (κ3) is 3.74. The molecule has 24 heavy (non-hydrogen) atoms. The minimum atomic E-state index is -1.49. The topological polar surface area (TPSA) is 25.2 Å². The second-order valence-electron chi connectivity index (χ2n) is 6.05. The molecule has 0 saturated carbocycles. The molecule has 3 aromatic rings. The fourth-order valence-corrected chi connectivity index (χ4v) is 2.42. The van der Waals surface area contributed by atoms with Gasteiger partial charge >= 0.3 is 0 Å². The number of halogens is 1. The molecule has 0 aliphatic carbocycles. The largest absolute Gasteiger partial charge is 0.238 e. The van der Waals surface area contributed by atoms with Crippen molar-refractivity contribution in [3.05, 3.63) is 95.7 Å². The maximum atomic E-state index is 14.2. The van der Waals surface area contributed by atoms with Crippen LogP contribution in [0.15, 0.2) is 83.9 Å². The van der Waals surface area contributed by atoms with Crippen molar-refractivity contribution in [1.82, 2.24) is 4.98 Å². The van der Waals surface area contributed by atoms with Crippen molar-refractivity contribution in [2.24, 2.45) is 4.99 Å². The highest BCUT2D eigenvalue weighted by molar-refractivity contribution is 6.13. The maximum absolute atomic E-state index is 14.2. The maximum Gasteiger partial charge on any atom is 0.152 e. The average molecular weight is 318 g/mol. The summed E-state index contributed by atoms with van der Waals surface area (Å²) in [6.07, 6.45) is 0. The molecule has 3 heteroatoms. The van der Waals surface area contributed by atoms with Gasteiger partial charge in [-0.05, 0) is 26.0 Å². The van der Waals surface area contributed by atoms with Crippen molar-refractivity contribution in [3.8, 4) is 0 Å². The molecule has 0 bridgehead atoms. The molecule has 0 atom stereocenters. The SMILES string of the molecule is CC(C)(F)c1cccc(N=C(c2ccccc2)c2ccccc2)n1. The molecule has 0 aliphatic heterocycles. The van der Waals surface area contributed by atoms with Gasteiger partial charge in [-0.2, -0.15) is 0 Å². The van der Waals surface area contributed by atoms with Crippen molar-refractivity contribution < 1.29 is 4.39 Å². The predicted molar refractivity (Wildman–Crippen MR) is 96.6 cm³/mol. The Morgan fingerprint density at radius 2 is 1.33 bits per heavy atom. The third-order valence-corrected chi connectivity index (χ3v) is 3.66. The second-order valence-corrected chi connectivity index (χ2v) is 6.05. The van der Waals surface area contributed by atoms with E-state index in [1.165, 1.54) is 13.8 Å². The summed E-state index contributed by atoms with van der Waals surface area (Å²) >= 11 is 0. The van der Waals surface area contributed by atoms with Crippen LogP contribution < -0.4 is 0 Å². The molecule has 0 spiro atoms. The van der Waals surface area contributed by atoms with E-state index in [2.05, 4.69) is 4.98 Å². The first-order valence-corrected chi connectivity index (χ1v) is 7.90. The summed E-state index contributed by atoms with van der Waals surface area (Å²) in [7, 11) is 0. The summed E-state index contributed by atoms with van der Waals surface area (Å²) in [6.45, 7) is 3.00. The lowest BCUT2D eigenvalue weighted by molar-refractivity contribution is 0.214. The summed E-state index contributed by atoms with van der Waals surface area (Å²) in [5, 5.41) is 0. The normalized spacial score (nSPS) is 11.1. The van der Waals surface area contributed by atoms with Crippen molar-refractivity contribution in [2.45, 2.75) is 19.5 Å². The number of alkyl halides is 1. The van der Waals surface area contributed by atoms with Crippen molar-refractivity contribution in [1.29, 1.82) is 0 Å². The summed E-state index contributed by atoms with van der Waals surface area (Å²) in [5.74, 6) is 0.501. The summed E-state index contributed by atoms with van der Waals surface area (Å²) in [6, 6.07) is 25.1. The standard InChI is InChI=1S/C21H19FN2/c1-21(2,22)18-14-9-15-19(23-18)24-20(16-10-5-3-6-11-16)17-12-7-4-8-13-17/h3-15H,1-2H3. The number of benzene rings is 2. The number of hydrogen-bond acceptors (Lipinski definition) is 2. The van der Waals surface area contributed by atoms with E-state index < -0.39 is 5.67 Å². The van der Waals surface area contributed by atoms with E-state index in [0.29, 0.717) is 11.5 Å². The summed E-state index contributed by atoms with van der Waals surface area (Å²) < 4.78 is 14.2. The molecule has 0 N–H and O–H groups in total. The zero-order valence-corrected chi connectivity index (χ0v) is 13.8. The second kappa shape index (κ2) is 6.75. The molecule has 2 nitrogen and oxygen atoms in total. The van der Waals surface area contributed by atoms with Gasteiger partial charge in [0.15, 0.2) is 5.82 Å². The van der Waals surface area contributed by atoms with Crippen LogP contribution in [0.1, 0.15) is 30.7 Å². The van der Waals surface area contributed by atoms with Gasteiger partial charge < -0.3 is 0 Å². The van der Waals surface area contributed by atoms with E-state index in [0.717, 1.165) is 16.8 Å². The number of aliphatic imine (C=N–C) groups is 1. The highest BCUT2D eigenvalue weighted by atomic mass is 19.1. The number of pyridine rings is 1. The molecule has 1 heterocycles. The Morgan fingerprint density at radius 3 is 1.83 bits per heavy atom. The summed E-state index contributed by atoms with van der Waals surface area (Å²) in [4.78, 5) is 9.08. The zero-order valence-electron chi connectivity index (χ0n) is 13.8. The molecule has 3 rings (SSSR count). The van der Waals surface area contributed by atoms with E-state index in [9.17, 15) is 4.39 Å². The molecule has 0 saturated heterocycles. The Kier molecular flexibility index (Phi) is 4.52. The molecule has 0 unspecified atom stereocenters. The van der Waals surface area contributed by atoms with Gasteiger partial charge in [0.1, 0.15) is 5.67 Å². The predicted octanol–water partition coefficient (Wildman–Crippen LogP) is 5.46. The first-order valence-electron chi connectivity index (χ1n) is 7.90. The number of aromatic nitrogens is 1. The molecular formula is C21H19FN2. The van der Waals surface area contributed by atoms with Gasteiger partial charge in [0, 0.05) is 11.1 Å². The minimum Gasteiger partial charge on any atom is -0.238 e. The fraction of sp³-hybridized carbons (Fsp3) is 0.143. The zero-order chi connectivity index (χ0) is 17.0. The quantitative estimate of drug-likeness (QED) is 0.587. The Labute approximate surface area is 141 Å². The smallest absolute Gasteiger partial charge is 0.152 e. The lowest BCUT2D eigenvalue weighted by atomic mass is 10.0. The Bertz CT molecular complexity index is 793. The van der Waals surface area contributed by atoms with Crippen LogP contribution in [0.2, 0.25) is 0 Å². The van der Waals surface area contributed by atoms with E-state index in [-0.39, 0.29) is 0 Å². The van der Waals surface area contributed by atoms with Gasteiger partial charge in [0.25, 0.3) is 0 Å². The molecule has 0 radical (unpaired) electrons. The number of hydrogen-bond donors (Lipinski definition) is 0. The highest BCUT2D eigenvalue weighted by Crippen LogP contribution is 2.25. The Morgan fingerprint density at radius 1 is 0.792 bits per heavy atom. The highest BCUT2D eigenvalue weighted by Gasteiger charge is 2.20. The van der Waals surface area contributed by atoms with Gasteiger partial charge in [0.05, 0.1) is 11.4 Å². The van der Waals surface area contributed by atoms with E-state index >= 15 is 0 Å². The first-order chi connectivity index (χ1) is 11.5. The van der Waals surface area contributed by atoms with Crippen LogP contribution in [0.3, 0.4) is 0 Å². The molecule has 0 amide bonds. The van der Waals surface area contributed by atoms with Crippen LogP contribution in [-0.4, -0.2) is 10.7 Å². The molecule has 2 aromatic carbocycles. The lowest BCUT2D eigenvalue weighted by Gasteiger charge is -2.14. The number of rotatable bonds is 4. The molecular weight excluding hydrogens is 299 g/mol. The van der Waals surface area contributed by atoms with Crippen LogP contribution in [0.4, 0.5) is 10.2 Å². The Hall–Kier alpha value is -2.81. The van der Waals surface area contributed by atoms with Gasteiger partial charge in [-0.25, -0.2) is 14.4 Å². The molecule has 1 aromatic heterocycles. The fourth-order valence-electron chi connectivity index (χ4n) is 2.42. The van der Waals surface area contributed by atoms with Crippen molar-refractivity contribution >= 4 is 11.5 Å². The van der Waals surface area contributed by atoms with Crippen molar-refractivity contribution in [3.63, 3.8) is 0 Å². The molecule has 120 valence electrons. The van der Waals surface area contributed by atoms with Crippen LogP contribution in [0.5, 0.6) is 0 Å². The lowest BCUT2D eigenvalue weighted by Crippen LogP contribution is -2.11. The monoisotopic (exact) mass is 318 g/mol.